The van der Waals surface area contributed by atoms with Crippen molar-refractivity contribution in [1.29, 1.82) is 0 Å². The monoisotopic (exact) mass is 412 g/mol. The van der Waals surface area contributed by atoms with Crippen LogP contribution in [0.15, 0.2) is 34.9 Å². The van der Waals surface area contributed by atoms with Crippen LogP contribution >= 0.6 is 15.9 Å². The van der Waals surface area contributed by atoms with Crippen LogP contribution in [-0.2, 0) is 6.54 Å². The zero-order chi connectivity index (χ0) is 13.9. The van der Waals surface area contributed by atoms with E-state index in [1.54, 1.807) is 0 Å². The van der Waals surface area contributed by atoms with E-state index in [0.717, 1.165) is 41.3 Å². The highest BCUT2D eigenvalue weighted by atomic mass is 79.9. The third kappa shape index (κ3) is 3.80. The molecular formula is C15H18Br2N4. The Morgan fingerprint density at radius 1 is 1.19 bits per heavy atom. The fourth-order valence-electron chi connectivity index (χ4n) is 2.43. The maximum atomic E-state index is 4.74. The number of aryl methyl sites for hydroxylation is 1. The minimum atomic E-state index is 0. The van der Waals surface area contributed by atoms with Crippen LogP contribution < -0.4 is 26.6 Å². The van der Waals surface area contributed by atoms with Gasteiger partial charge >= 0.3 is 0 Å². The molecule has 1 aromatic heterocycles. The Kier molecular flexibility index (Phi) is 5.70. The first kappa shape index (κ1) is 16.4. The molecule has 21 heavy (non-hydrogen) atoms. The molecule has 4 nitrogen and oxygen atoms in total. The summed E-state index contributed by atoms with van der Waals surface area (Å²) in [6.45, 7) is 5.15. The largest absolute Gasteiger partial charge is 1.00 e. The number of aromatic nitrogens is 3. The summed E-state index contributed by atoms with van der Waals surface area (Å²) in [5.74, 6) is 1.83. The van der Waals surface area contributed by atoms with Crippen LogP contribution in [-0.4, -0.2) is 23.2 Å². The highest BCUT2D eigenvalue weighted by molar-refractivity contribution is 9.10. The normalized spacial score (nSPS) is 14.1. The molecule has 2 heterocycles. The molecule has 0 amide bonds. The molecule has 0 saturated carbocycles. The van der Waals surface area contributed by atoms with Crippen LogP contribution in [0.2, 0.25) is 0 Å². The smallest absolute Gasteiger partial charge is 0.238 e. The highest BCUT2D eigenvalue weighted by Gasteiger charge is 2.19. The fraction of sp³-hybridized carbons (Fsp3) is 0.400. The van der Waals surface area contributed by atoms with Crippen LogP contribution in [0.4, 0.5) is 5.82 Å². The second-order valence-electron chi connectivity index (χ2n) is 4.98. The predicted octanol–water partition coefficient (Wildman–Crippen LogP) is -0.182. The van der Waals surface area contributed by atoms with E-state index in [4.69, 9.17) is 4.98 Å². The van der Waals surface area contributed by atoms with Crippen molar-refractivity contribution < 1.29 is 21.7 Å². The topological polar surface area (TPSA) is 32.9 Å². The number of nitrogens with zero attached hydrogens (tertiary/aromatic N) is 4. The van der Waals surface area contributed by atoms with Crippen LogP contribution in [0.25, 0.3) is 11.4 Å². The number of hydrogen-bond acceptors (Lipinski definition) is 3. The van der Waals surface area contributed by atoms with Gasteiger partial charge in [0.05, 0.1) is 0 Å². The molecule has 1 aromatic carbocycles. The molecule has 0 atom stereocenters. The summed E-state index contributed by atoms with van der Waals surface area (Å²) in [5.41, 5.74) is 1.05. The average Bonchev–Trinajstić information content (AvgIpc) is 3.02. The van der Waals surface area contributed by atoms with E-state index >= 15 is 0 Å². The van der Waals surface area contributed by atoms with Gasteiger partial charge in [0.25, 0.3) is 0 Å². The van der Waals surface area contributed by atoms with Gasteiger partial charge in [-0.1, -0.05) is 20.6 Å². The third-order valence-electron chi connectivity index (χ3n) is 3.56. The van der Waals surface area contributed by atoms with E-state index < -0.39 is 0 Å². The summed E-state index contributed by atoms with van der Waals surface area (Å²) in [6, 6.07) is 8.15. The van der Waals surface area contributed by atoms with Gasteiger partial charge in [-0.15, -0.1) is 0 Å². The van der Waals surface area contributed by atoms with Crippen molar-refractivity contribution in [1.82, 2.24) is 10.1 Å². The van der Waals surface area contributed by atoms with Gasteiger partial charge in [0.2, 0.25) is 12.0 Å². The van der Waals surface area contributed by atoms with Gasteiger partial charge in [0.1, 0.15) is 0 Å². The number of anilines is 1. The van der Waals surface area contributed by atoms with Gasteiger partial charge in [0.15, 0.2) is 12.4 Å². The van der Waals surface area contributed by atoms with Crippen molar-refractivity contribution in [3.63, 3.8) is 0 Å². The second-order valence-corrected chi connectivity index (χ2v) is 5.90. The zero-order valence-corrected chi connectivity index (χ0v) is 15.1. The summed E-state index contributed by atoms with van der Waals surface area (Å²) < 4.78 is 3.04. The van der Waals surface area contributed by atoms with E-state index in [-0.39, 0.29) is 17.0 Å². The Labute approximate surface area is 144 Å². The third-order valence-corrected chi connectivity index (χ3v) is 4.09. The standard InChI is InChI=1S/C15H18BrN4.BrH/c1-2-20-11-14(19-9-3-4-10-19)17-15(18-20)12-5-7-13(16)8-6-12;/h5-8,11H,2-4,9-10H2,1H3;1H/q+1;/p-1. The quantitative estimate of drug-likeness (QED) is 0.654. The first-order chi connectivity index (χ1) is 9.76. The second kappa shape index (κ2) is 7.31. The first-order valence-electron chi connectivity index (χ1n) is 7.06. The molecule has 1 aliphatic heterocycles. The summed E-state index contributed by atoms with van der Waals surface area (Å²) >= 11 is 3.46. The lowest BCUT2D eigenvalue weighted by Gasteiger charge is -2.14. The van der Waals surface area contributed by atoms with Crippen LogP contribution in [0.1, 0.15) is 19.8 Å². The van der Waals surface area contributed by atoms with E-state index in [9.17, 15) is 0 Å². The zero-order valence-electron chi connectivity index (χ0n) is 12.0. The van der Waals surface area contributed by atoms with Crippen molar-refractivity contribution >= 4 is 21.7 Å². The number of rotatable bonds is 3. The van der Waals surface area contributed by atoms with Crippen molar-refractivity contribution in [2.75, 3.05) is 18.0 Å². The molecule has 1 aliphatic rings. The van der Waals surface area contributed by atoms with E-state index in [0.29, 0.717) is 0 Å². The number of benzene rings is 1. The van der Waals surface area contributed by atoms with Crippen molar-refractivity contribution in [3.8, 4) is 11.4 Å². The Morgan fingerprint density at radius 3 is 2.48 bits per heavy atom. The minimum absolute atomic E-state index is 0. The Morgan fingerprint density at radius 2 is 1.86 bits per heavy atom. The summed E-state index contributed by atoms with van der Waals surface area (Å²) in [7, 11) is 0. The highest BCUT2D eigenvalue weighted by Crippen LogP contribution is 2.21. The van der Waals surface area contributed by atoms with Crippen molar-refractivity contribution in [3.05, 3.63) is 34.9 Å². The lowest BCUT2D eigenvalue weighted by molar-refractivity contribution is -0.750. The lowest BCUT2D eigenvalue weighted by Crippen LogP contribution is -3.00. The maximum Gasteiger partial charge on any atom is 0.238 e. The van der Waals surface area contributed by atoms with E-state index in [1.807, 2.05) is 35.1 Å². The van der Waals surface area contributed by atoms with Crippen LogP contribution in [0, 0.1) is 0 Å². The molecule has 0 unspecified atom stereocenters. The maximum absolute atomic E-state index is 4.74. The van der Waals surface area contributed by atoms with Gasteiger partial charge in [-0.25, -0.2) is 0 Å². The summed E-state index contributed by atoms with van der Waals surface area (Å²) in [6.07, 6.45) is 4.56. The summed E-state index contributed by atoms with van der Waals surface area (Å²) in [4.78, 5) is 7.09. The van der Waals surface area contributed by atoms with Gasteiger partial charge in [-0.3, -0.25) is 0 Å². The molecule has 0 bridgehead atoms. The molecule has 0 N–H and O–H groups in total. The van der Waals surface area contributed by atoms with Gasteiger partial charge in [-0.05, 0) is 44.0 Å². The molecule has 1 saturated heterocycles. The van der Waals surface area contributed by atoms with Crippen molar-refractivity contribution in [2.24, 2.45) is 0 Å². The van der Waals surface area contributed by atoms with Gasteiger partial charge in [-0.2, -0.15) is 4.98 Å². The molecule has 1 fully saturated rings. The lowest BCUT2D eigenvalue weighted by atomic mass is 10.2. The number of hydrogen-bond donors (Lipinski definition) is 0. The Bertz CT molecular complexity index is 595. The van der Waals surface area contributed by atoms with Crippen LogP contribution in [0.3, 0.4) is 0 Å². The molecule has 112 valence electrons. The van der Waals surface area contributed by atoms with Gasteiger partial charge < -0.3 is 21.9 Å². The average molecular weight is 414 g/mol. The molecule has 3 rings (SSSR count). The number of halogens is 2. The molecular weight excluding hydrogens is 396 g/mol. The molecule has 0 spiro atoms. The van der Waals surface area contributed by atoms with E-state index in [2.05, 4.69) is 32.9 Å². The SMILES string of the molecule is CC[n+]1cc(N2CCCC2)nc(-c2ccc(Br)cc2)n1.[Br-]. The summed E-state index contributed by atoms with van der Waals surface area (Å²) in [5, 5.41) is 4.59. The van der Waals surface area contributed by atoms with E-state index in [1.165, 1.54) is 12.8 Å². The molecule has 2 aromatic rings. The molecule has 6 heteroatoms. The first-order valence-corrected chi connectivity index (χ1v) is 7.85. The predicted molar refractivity (Wildman–Crippen MR) is 82.5 cm³/mol. The van der Waals surface area contributed by atoms with Crippen molar-refractivity contribution in [2.45, 2.75) is 26.3 Å². The molecule has 0 radical (unpaired) electrons. The molecule has 0 aliphatic carbocycles. The Hall–Kier alpha value is -1.01. The fourth-order valence-corrected chi connectivity index (χ4v) is 2.69. The van der Waals surface area contributed by atoms with Crippen LogP contribution in [0.5, 0.6) is 0 Å². The Balaban J connectivity index is 0.00000161. The van der Waals surface area contributed by atoms with Gasteiger partial charge in [0, 0.05) is 28.2 Å². The minimum Gasteiger partial charge on any atom is -1.00 e.